The number of rotatable bonds is 4. The van der Waals surface area contributed by atoms with Gasteiger partial charge in [-0.1, -0.05) is 0 Å². The van der Waals surface area contributed by atoms with Gasteiger partial charge in [0.05, 0.1) is 11.6 Å². The van der Waals surface area contributed by atoms with E-state index in [1.807, 2.05) is 13.8 Å². The molecule has 0 saturated heterocycles. The smallest absolute Gasteiger partial charge is 0.168 e. The molecule has 0 aliphatic carbocycles. The molecule has 0 aliphatic rings. The maximum absolute atomic E-state index is 14.1. The molecule has 0 bridgehead atoms. The van der Waals surface area contributed by atoms with Crippen molar-refractivity contribution < 1.29 is 8.78 Å². The molecule has 0 unspecified atom stereocenters. The number of nitrogens with zero attached hydrogens (tertiary/aromatic N) is 2. The SMILES string of the molecule is Cc1cc(C#N)cc(C)c1Nc1ccc(F)c(Nc2ccc(F)cc2)n1. The van der Waals surface area contributed by atoms with Crippen molar-refractivity contribution in [1.29, 1.82) is 5.26 Å². The quantitative estimate of drug-likeness (QED) is 0.667. The van der Waals surface area contributed by atoms with Crippen molar-refractivity contribution in [2.24, 2.45) is 0 Å². The van der Waals surface area contributed by atoms with Gasteiger partial charge in [-0.05, 0) is 73.5 Å². The summed E-state index contributed by atoms with van der Waals surface area (Å²) in [4.78, 5) is 4.25. The molecular weight excluding hydrogens is 334 g/mol. The van der Waals surface area contributed by atoms with Crippen molar-refractivity contribution in [1.82, 2.24) is 4.98 Å². The Morgan fingerprint density at radius 3 is 2.19 bits per heavy atom. The minimum Gasteiger partial charge on any atom is -0.340 e. The number of nitrogens with one attached hydrogen (secondary N) is 2. The van der Waals surface area contributed by atoms with Crippen molar-refractivity contribution in [3.8, 4) is 6.07 Å². The minimum atomic E-state index is -0.520. The van der Waals surface area contributed by atoms with Gasteiger partial charge < -0.3 is 10.6 Å². The van der Waals surface area contributed by atoms with Gasteiger partial charge >= 0.3 is 0 Å². The monoisotopic (exact) mass is 350 g/mol. The van der Waals surface area contributed by atoms with E-state index < -0.39 is 5.82 Å². The summed E-state index contributed by atoms with van der Waals surface area (Å²) in [6, 6.07) is 14.1. The lowest BCUT2D eigenvalue weighted by Crippen LogP contribution is -2.03. The van der Waals surface area contributed by atoms with Crippen LogP contribution in [0.3, 0.4) is 0 Å². The van der Waals surface area contributed by atoms with Gasteiger partial charge in [0.1, 0.15) is 11.6 Å². The second-order valence-electron chi connectivity index (χ2n) is 5.88. The maximum Gasteiger partial charge on any atom is 0.168 e. The van der Waals surface area contributed by atoms with Crippen LogP contribution in [0.4, 0.5) is 31.8 Å². The first-order valence-electron chi connectivity index (χ1n) is 7.94. The van der Waals surface area contributed by atoms with Crippen LogP contribution in [0.25, 0.3) is 0 Å². The molecule has 0 fully saturated rings. The fourth-order valence-corrected chi connectivity index (χ4v) is 2.62. The summed E-state index contributed by atoms with van der Waals surface area (Å²) >= 11 is 0. The molecule has 2 N–H and O–H groups in total. The third kappa shape index (κ3) is 3.78. The molecule has 0 atom stereocenters. The van der Waals surface area contributed by atoms with Gasteiger partial charge in [-0.25, -0.2) is 13.8 Å². The number of benzene rings is 2. The number of pyridine rings is 1. The summed E-state index contributed by atoms with van der Waals surface area (Å²) in [5, 5.41) is 15.0. The Bertz CT molecular complexity index is 969. The van der Waals surface area contributed by atoms with E-state index in [1.165, 1.54) is 36.4 Å². The van der Waals surface area contributed by atoms with Crippen LogP contribution < -0.4 is 10.6 Å². The molecule has 0 radical (unpaired) electrons. The van der Waals surface area contributed by atoms with Crippen LogP contribution in [-0.2, 0) is 0 Å². The molecule has 26 heavy (non-hydrogen) atoms. The molecule has 3 rings (SSSR count). The van der Waals surface area contributed by atoms with Crippen molar-refractivity contribution in [2.45, 2.75) is 13.8 Å². The summed E-state index contributed by atoms with van der Waals surface area (Å²) in [7, 11) is 0. The number of nitriles is 1. The molecule has 3 aromatic rings. The van der Waals surface area contributed by atoms with Crippen LogP contribution in [0.5, 0.6) is 0 Å². The number of aryl methyl sites for hydroxylation is 2. The third-order valence-corrected chi connectivity index (χ3v) is 3.87. The largest absolute Gasteiger partial charge is 0.340 e. The highest BCUT2D eigenvalue weighted by molar-refractivity contribution is 5.68. The van der Waals surface area contributed by atoms with Crippen molar-refractivity contribution >= 4 is 23.0 Å². The van der Waals surface area contributed by atoms with Crippen molar-refractivity contribution in [3.05, 3.63) is 76.9 Å². The summed E-state index contributed by atoms with van der Waals surface area (Å²) in [5.74, 6) is -0.406. The Hall–Kier alpha value is -3.46. The van der Waals surface area contributed by atoms with Gasteiger partial charge in [-0.3, -0.25) is 0 Å². The number of halogens is 2. The molecule has 2 aromatic carbocycles. The summed E-state index contributed by atoms with van der Waals surface area (Å²) < 4.78 is 27.1. The molecule has 1 heterocycles. The average molecular weight is 350 g/mol. The highest BCUT2D eigenvalue weighted by Gasteiger charge is 2.10. The van der Waals surface area contributed by atoms with E-state index in [0.29, 0.717) is 17.1 Å². The van der Waals surface area contributed by atoms with E-state index in [9.17, 15) is 8.78 Å². The van der Waals surface area contributed by atoms with E-state index in [-0.39, 0.29) is 11.6 Å². The molecule has 0 spiro atoms. The second kappa shape index (κ2) is 7.19. The van der Waals surface area contributed by atoms with Crippen LogP contribution in [0.2, 0.25) is 0 Å². The molecule has 0 aliphatic heterocycles. The second-order valence-corrected chi connectivity index (χ2v) is 5.88. The summed E-state index contributed by atoms with van der Waals surface area (Å²) in [6.07, 6.45) is 0. The van der Waals surface area contributed by atoms with E-state index in [0.717, 1.165) is 16.8 Å². The third-order valence-electron chi connectivity index (χ3n) is 3.87. The number of aromatic nitrogens is 1. The Morgan fingerprint density at radius 1 is 0.923 bits per heavy atom. The molecule has 6 heteroatoms. The fraction of sp³-hybridized carbons (Fsp3) is 0.100. The predicted octanol–water partition coefficient (Wildman–Crippen LogP) is 5.34. The maximum atomic E-state index is 14.1. The highest BCUT2D eigenvalue weighted by atomic mass is 19.1. The zero-order valence-electron chi connectivity index (χ0n) is 14.3. The Kier molecular flexibility index (Phi) is 4.81. The van der Waals surface area contributed by atoms with Crippen LogP contribution in [0.15, 0.2) is 48.5 Å². The first-order valence-corrected chi connectivity index (χ1v) is 7.94. The summed E-state index contributed by atoms with van der Waals surface area (Å²) in [6.45, 7) is 3.77. The van der Waals surface area contributed by atoms with E-state index in [2.05, 4.69) is 21.7 Å². The molecule has 1 aromatic heterocycles. The van der Waals surface area contributed by atoms with Crippen molar-refractivity contribution in [2.75, 3.05) is 10.6 Å². The van der Waals surface area contributed by atoms with E-state index in [1.54, 1.807) is 12.1 Å². The minimum absolute atomic E-state index is 0.0329. The topological polar surface area (TPSA) is 60.7 Å². The molecule has 4 nitrogen and oxygen atoms in total. The first kappa shape index (κ1) is 17.4. The zero-order valence-corrected chi connectivity index (χ0v) is 14.3. The van der Waals surface area contributed by atoms with Gasteiger partial charge in [-0.15, -0.1) is 0 Å². The van der Waals surface area contributed by atoms with E-state index in [4.69, 9.17) is 5.26 Å². The first-order chi connectivity index (χ1) is 12.5. The lowest BCUT2D eigenvalue weighted by Gasteiger charge is -2.14. The van der Waals surface area contributed by atoms with Gasteiger partial charge in [0.15, 0.2) is 11.6 Å². The number of hydrogen-bond acceptors (Lipinski definition) is 4. The van der Waals surface area contributed by atoms with Gasteiger partial charge in [0.2, 0.25) is 0 Å². The molecule has 130 valence electrons. The average Bonchev–Trinajstić information content (AvgIpc) is 2.62. The standard InChI is InChI=1S/C20H16F2N4/c1-12-9-14(11-23)10-13(2)19(12)25-18-8-7-17(22)20(26-18)24-16-5-3-15(21)4-6-16/h3-10H,1-2H3,(H2,24,25,26). The fourth-order valence-electron chi connectivity index (χ4n) is 2.62. The lowest BCUT2D eigenvalue weighted by molar-refractivity contribution is 0.626. The van der Waals surface area contributed by atoms with Crippen LogP contribution in [0.1, 0.15) is 16.7 Å². The van der Waals surface area contributed by atoms with Crippen LogP contribution >= 0.6 is 0 Å². The Labute approximate surface area is 150 Å². The number of hydrogen-bond donors (Lipinski definition) is 2. The Morgan fingerprint density at radius 2 is 1.58 bits per heavy atom. The van der Waals surface area contributed by atoms with Crippen molar-refractivity contribution in [3.63, 3.8) is 0 Å². The van der Waals surface area contributed by atoms with Gasteiger partial charge in [-0.2, -0.15) is 5.26 Å². The molecule has 0 amide bonds. The van der Waals surface area contributed by atoms with Gasteiger partial charge in [0, 0.05) is 11.4 Å². The molecular formula is C20H16F2N4. The summed E-state index contributed by atoms with van der Waals surface area (Å²) in [5.41, 5.74) is 3.70. The normalized spacial score (nSPS) is 10.3. The predicted molar refractivity (Wildman–Crippen MR) is 97.8 cm³/mol. The number of anilines is 4. The highest BCUT2D eigenvalue weighted by Crippen LogP contribution is 2.27. The Balaban J connectivity index is 1.88. The van der Waals surface area contributed by atoms with Gasteiger partial charge in [0.25, 0.3) is 0 Å². The van der Waals surface area contributed by atoms with E-state index >= 15 is 0 Å². The zero-order chi connectivity index (χ0) is 18.7. The molecule has 0 saturated carbocycles. The van der Waals surface area contributed by atoms with Crippen LogP contribution in [-0.4, -0.2) is 4.98 Å². The van der Waals surface area contributed by atoms with Crippen LogP contribution in [0, 0.1) is 36.8 Å². The lowest BCUT2D eigenvalue weighted by atomic mass is 10.0.